The number of benzene rings is 2. The number of sulfonamides is 1. The molecule has 3 nitrogen and oxygen atoms in total. The molecular weight excluding hydrogens is 229 g/mol. The minimum absolute atomic E-state index is 0.0330. The fraction of sp³-hybridized carbons (Fsp3) is 0.0909. The van der Waals surface area contributed by atoms with E-state index in [0.717, 1.165) is 5.39 Å². The summed E-state index contributed by atoms with van der Waals surface area (Å²) in [6.07, 6.45) is 0. The lowest BCUT2D eigenvalue weighted by atomic mass is 10.1. The maximum Gasteiger partial charge on any atom is 0.238 e. The molecule has 2 aromatic carbocycles. The first kappa shape index (κ1) is 11.0. The van der Waals surface area contributed by atoms with Crippen molar-refractivity contribution in [3.8, 4) is 0 Å². The van der Waals surface area contributed by atoms with Crippen molar-refractivity contribution in [1.82, 2.24) is 0 Å². The summed E-state index contributed by atoms with van der Waals surface area (Å²) in [6.45, 7) is 1.66. The van der Waals surface area contributed by atoms with E-state index < -0.39 is 15.8 Å². The van der Waals surface area contributed by atoms with Crippen molar-refractivity contribution >= 4 is 20.8 Å². The van der Waals surface area contributed by atoms with Gasteiger partial charge in [0.1, 0.15) is 5.82 Å². The highest BCUT2D eigenvalue weighted by Crippen LogP contribution is 2.23. The largest absolute Gasteiger partial charge is 0.238 e. The molecule has 0 saturated heterocycles. The molecule has 0 atom stereocenters. The number of nitrogens with two attached hydrogens (primary N) is 1. The van der Waals surface area contributed by atoms with Gasteiger partial charge in [-0.2, -0.15) is 0 Å². The third-order valence-electron chi connectivity index (χ3n) is 2.40. The molecule has 0 amide bonds. The van der Waals surface area contributed by atoms with Gasteiger partial charge in [-0.1, -0.05) is 12.1 Å². The average molecular weight is 239 g/mol. The summed E-state index contributed by atoms with van der Waals surface area (Å²) >= 11 is 0. The van der Waals surface area contributed by atoms with Gasteiger partial charge in [0.25, 0.3) is 0 Å². The van der Waals surface area contributed by atoms with Gasteiger partial charge >= 0.3 is 0 Å². The summed E-state index contributed by atoms with van der Waals surface area (Å²) in [5.41, 5.74) is 0.557. The van der Waals surface area contributed by atoms with Crippen LogP contribution in [0.3, 0.4) is 0 Å². The molecule has 0 saturated carbocycles. The second-order valence-electron chi connectivity index (χ2n) is 3.65. The third-order valence-corrected chi connectivity index (χ3v) is 3.46. The van der Waals surface area contributed by atoms with Crippen LogP contribution in [0, 0.1) is 12.7 Å². The topological polar surface area (TPSA) is 60.2 Å². The van der Waals surface area contributed by atoms with E-state index >= 15 is 0 Å². The van der Waals surface area contributed by atoms with Gasteiger partial charge in [0.15, 0.2) is 0 Å². The molecule has 0 bridgehead atoms. The minimum atomic E-state index is -3.76. The lowest BCUT2D eigenvalue weighted by molar-refractivity contribution is 0.597. The SMILES string of the molecule is Cc1cc2ccc(F)cc2cc1S(N)(=O)=O. The standard InChI is InChI=1S/C11H10FNO2S/c1-7-4-8-2-3-10(12)5-9(8)6-11(7)16(13,14)15/h2-6H,1H3,(H2,13,14,15). The maximum atomic E-state index is 13.0. The van der Waals surface area contributed by atoms with Gasteiger partial charge < -0.3 is 0 Å². The zero-order chi connectivity index (χ0) is 11.9. The zero-order valence-electron chi connectivity index (χ0n) is 8.57. The lowest BCUT2D eigenvalue weighted by Crippen LogP contribution is -2.13. The van der Waals surface area contributed by atoms with Crippen molar-refractivity contribution in [3.63, 3.8) is 0 Å². The smallest absolute Gasteiger partial charge is 0.225 e. The van der Waals surface area contributed by atoms with Crippen LogP contribution in [0.15, 0.2) is 35.2 Å². The highest BCUT2D eigenvalue weighted by Gasteiger charge is 2.12. The number of fused-ring (bicyclic) bond motifs is 1. The highest BCUT2D eigenvalue weighted by molar-refractivity contribution is 7.89. The molecule has 0 spiro atoms. The van der Waals surface area contributed by atoms with Crippen LogP contribution in [-0.2, 0) is 10.0 Å². The van der Waals surface area contributed by atoms with Crippen LogP contribution in [0.5, 0.6) is 0 Å². The van der Waals surface area contributed by atoms with E-state index in [2.05, 4.69) is 0 Å². The highest BCUT2D eigenvalue weighted by atomic mass is 32.2. The molecule has 16 heavy (non-hydrogen) atoms. The quantitative estimate of drug-likeness (QED) is 0.826. The molecule has 2 rings (SSSR count). The summed E-state index contributed by atoms with van der Waals surface area (Å²) in [4.78, 5) is 0.0330. The van der Waals surface area contributed by atoms with Crippen molar-refractivity contribution in [1.29, 1.82) is 0 Å². The average Bonchev–Trinajstić information content (AvgIpc) is 2.16. The van der Waals surface area contributed by atoms with Crippen molar-refractivity contribution in [2.24, 2.45) is 5.14 Å². The molecule has 0 aliphatic heterocycles. The molecular formula is C11H10FNO2S. The van der Waals surface area contributed by atoms with E-state index in [1.54, 1.807) is 19.1 Å². The van der Waals surface area contributed by atoms with Gasteiger partial charge in [0, 0.05) is 0 Å². The summed E-state index contributed by atoms with van der Waals surface area (Å²) < 4.78 is 35.5. The van der Waals surface area contributed by atoms with E-state index in [1.165, 1.54) is 18.2 Å². The summed E-state index contributed by atoms with van der Waals surface area (Å²) in [5.74, 6) is -0.406. The molecule has 5 heteroatoms. The third kappa shape index (κ3) is 1.91. The van der Waals surface area contributed by atoms with Gasteiger partial charge in [-0.3, -0.25) is 0 Å². The molecule has 0 aromatic heterocycles. The number of aryl methyl sites for hydroxylation is 1. The molecule has 0 aliphatic carbocycles. The van der Waals surface area contributed by atoms with Crippen LogP contribution in [0.25, 0.3) is 10.8 Å². The Morgan fingerprint density at radius 1 is 1.12 bits per heavy atom. The first-order valence-electron chi connectivity index (χ1n) is 4.60. The summed E-state index contributed by atoms with van der Waals surface area (Å²) in [6, 6.07) is 7.28. The minimum Gasteiger partial charge on any atom is -0.225 e. The van der Waals surface area contributed by atoms with E-state index in [1.807, 2.05) is 0 Å². The van der Waals surface area contributed by atoms with Crippen molar-refractivity contribution < 1.29 is 12.8 Å². The number of primary sulfonamides is 1. The second-order valence-corrected chi connectivity index (χ2v) is 5.18. The van der Waals surface area contributed by atoms with E-state index in [-0.39, 0.29) is 4.90 Å². The summed E-state index contributed by atoms with van der Waals surface area (Å²) in [5, 5.41) is 6.37. The first-order valence-corrected chi connectivity index (χ1v) is 6.15. The van der Waals surface area contributed by atoms with Gasteiger partial charge in [0.2, 0.25) is 10.0 Å². The van der Waals surface area contributed by atoms with Gasteiger partial charge in [-0.25, -0.2) is 17.9 Å². The van der Waals surface area contributed by atoms with Crippen molar-refractivity contribution in [3.05, 3.63) is 41.7 Å². The van der Waals surface area contributed by atoms with E-state index in [4.69, 9.17) is 5.14 Å². The number of hydrogen-bond donors (Lipinski definition) is 1. The molecule has 84 valence electrons. The Hall–Kier alpha value is -1.46. The predicted octanol–water partition coefficient (Wildman–Crippen LogP) is 1.93. The Morgan fingerprint density at radius 3 is 2.44 bits per heavy atom. The van der Waals surface area contributed by atoms with E-state index in [0.29, 0.717) is 10.9 Å². The fourth-order valence-corrected chi connectivity index (χ4v) is 2.47. The monoisotopic (exact) mass is 239 g/mol. The normalized spacial score (nSPS) is 11.9. The van der Waals surface area contributed by atoms with Crippen LogP contribution in [0.4, 0.5) is 4.39 Å². The van der Waals surface area contributed by atoms with Crippen LogP contribution in [-0.4, -0.2) is 8.42 Å². The predicted molar refractivity (Wildman–Crippen MR) is 60.0 cm³/mol. The lowest BCUT2D eigenvalue weighted by Gasteiger charge is -2.06. The number of halogens is 1. The molecule has 2 aromatic rings. The van der Waals surface area contributed by atoms with E-state index in [9.17, 15) is 12.8 Å². The fourth-order valence-electron chi connectivity index (χ4n) is 1.67. The molecule has 0 fully saturated rings. The molecule has 0 radical (unpaired) electrons. The number of hydrogen-bond acceptors (Lipinski definition) is 2. The Morgan fingerprint density at radius 2 is 1.81 bits per heavy atom. The van der Waals surface area contributed by atoms with Crippen molar-refractivity contribution in [2.45, 2.75) is 11.8 Å². The Balaban J connectivity index is 2.84. The van der Waals surface area contributed by atoms with Crippen LogP contribution < -0.4 is 5.14 Å². The Kier molecular flexibility index (Phi) is 2.44. The second kappa shape index (κ2) is 3.54. The van der Waals surface area contributed by atoms with Crippen LogP contribution in [0.2, 0.25) is 0 Å². The van der Waals surface area contributed by atoms with Gasteiger partial charge in [-0.15, -0.1) is 0 Å². The zero-order valence-corrected chi connectivity index (χ0v) is 9.38. The molecule has 0 heterocycles. The molecule has 0 aliphatic rings. The maximum absolute atomic E-state index is 13.0. The van der Waals surface area contributed by atoms with Crippen molar-refractivity contribution in [2.75, 3.05) is 0 Å². The van der Waals surface area contributed by atoms with Gasteiger partial charge in [-0.05, 0) is 41.5 Å². The number of rotatable bonds is 1. The van der Waals surface area contributed by atoms with Crippen LogP contribution in [0.1, 0.15) is 5.56 Å². The first-order chi connectivity index (χ1) is 7.38. The Labute approximate surface area is 92.7 Å². The molecule has 2 N–H and O–H groups in total. The molecule has 0 unspecified atom stereocenters. The van der Waals surface area contributed by atoms with Crippen LogP contribution >= 0.6 is 0 Å². The summed E-state index contributed by atoms with van der Waals surface area (Å²) in [7, 11) is -3.76. The van der Waals surface area contributed by atoms with Gasteiger partial charge in [0.05, 0.1) is 4.90 Å². The Bertz CT molecular complexity index is 665.